The quantitative estimate of drug-likeness (QED) is 0.236. The molecule has 2 nitrogen and oxygen atoms in total. The third-order valence-electron chi connectivity index (χ3n) is 4.36. The lowest BCUT2D eigenvalue weighted by molar-refractivity contribution is 0.445. The highest BCUT2D eigenvalue weighted by atomic mass is 31.1. The lowest BCUT2D eigenvalue weighted by Gasteiger charge is -2.20. The molecule has 0 aliphatic heterocycles. The summed E-state index contributed by atoms with van der Waals surface area (Å²) in [6.07, 6.45) is 3.54. The zero-order valence-corrected chi connectivity index (χ0v) is 17.1. The number of hydrogen-bond acceptors (Lipinski definition) is 2. The lowest BCUT2D eigenvalue weighted by Crippen LogP contribution is -2.21. The van der Waals surface area contributed by atoms with Gasteiger partial charge in [0.25, 0.3) is 0 Å². The highest BCUT2D eigenvalue weighted by Crippen LogP contribution is 2.32. The Morgan fingerprint density at radius 1 is 0.857 bits per heavy atom. The minimum atomic E-state index is -0.623. The summed E-state index contributed by atoms with van der Waals surface area (Å²) in [4.78, 5) is 0. The maximum Gasteiger partial charge on any atom is 0.0651 e. The molecule has 0 saturated carbocycles. The Kier molecular flexibility index (Phi) is 6.94. The van der Waals surface area contributed by atoms with Crippen LogP contribution in [0.5, 0.6) is 0 Å². The molecule has 0 aromatic heterocycles. The summed E-state index contributed by atoms with van der Waals surface area (Å²) >= 11 is 0. The molecule has 3 aromatic carbocycles. The van der Waals surface area contributed by atoms with E-state index in [4.69, 9.17) is 0 Å². The molecule has 0 amide bonds. The zero-order valence-electron chi connectivity index (χ0n) is 16.2. The molecule has 0 heterocycles. The molecule has 28 heavy (non-hydrogen) atoms. The van der Waals surface area contributed by atoms with Crippen LogP contribution in [-0.2, 0) is 0 Å². The van der Waals surface area contributed by atoms with Gasteiger partial charge >= 0.3 is 0 Å². The van der Waals surface area contributed by atoms with Gasteiger partial charge in [0.05, 0.1) is 12.3 Å². The first kappa shape index (κ1) is 19.8. The van der Waals surface area contributed by atoms with Crippen LogP contribution in [0.3, 0.4) is 0 Å². The Labute approximate surface area is 169 Å². The standard InChI is InChI=1S/C25H25N2P/c1-4-19-27(5-2)26-21(3)22-13-12-18-25(20-22)28(23-14-8-6-9-15-23)24-16-10-7-11-17-24/h4-18,20H,1-2,19H2,3H3/b26-21+. The second-order valence-corrected chi connectivity index (χ2v) is 8.56. The molecule has 0 aliphatic rings. The van der Waals surface area contributed by atoms with E-state index < -0.39 is 7.92 Å². The van der Waals surface area contributed by atoms with Gasteiger partial charge in [0.15, 0.2) is 0 Å². The van der Waals surface area contributed by atoms with Crippen LogP contribution in [0.25, 0.3) is 0 Å². The van der Waals surface area contributed by atoms with Crippen molar-refractivity contribution in [3.63, 3.8) is 0 Å². The topological polar surface area (TPSA) is 15.6 Å². The number of benzene rings is 3. The lowest BCUT2D eigenvalue weighted by atomic mass is 10.1. The average molecular weight is 384 g/mol. The van der Waals surface area contributed by atoms with E-state index in [-0.39, 0.29) is 0 Å². The molecule has 0 unspecified atom stereocenters. The van der Waals surface area contributed by atoms with Crippen molar-refractivity contribution in [1.82, 2.24) is 5.01 Å². The van der Waals surface area contributed by atoms with Gasteiger partial charge in [0.1, 0.15) is 0 Å². The second kappa shape index (κ2) is 9.82. The summed E-state index contributed by atoms with van der Waals surface area (Å²) in [6, 6.07) is 30.2. The van der Waals surface area contributed by atoms with E-state index in [0.29, 0.717) is 6.54 Å². The first-order valence-electron chi connectivity index (χ1n) is 9.29. The number of hydrazone groups is 1. The van der Waals surface area contributed by atoms with Gasteiger partial charge in [-0.25, -0.2) is 0 Å². The molecule has 3 rings (SSSR count). The Balaban J connectivity index is 2.03. The largest absolute Gasteiger partial charge is 0.269 e. The summed E-state index contributed by atoms with van der Waals surface area (Å²) in [5.74, 6) is 0. The number of nitrogens with zero attached hydrogens (tertiary/aromatic N) is 2. The smallest absolute Gasteiger partial charge is 0.0651 e. The number of rotatable bonds is 8. The van der Waals surface area contributed by atoms with Crippen LogP contribution in [0.1, 0.15) is 12.5 Å². The van der Waals surface area contributed by atoms with Gasteiger partial charge in [-0.15, -0.1) is 6.58 Å². The summed E-state index contributed by atoms with van der Waals surface area (Å²) in [5.41, 5.74) is 2.08. The van der Waals surface area contributed by atoms with Gasteiger partial charge in [-0.1, -0.05) is 91.5 Å². The zero-order chi connectivity index (χ0) is 19.8. The fourth-order valence-electron chi connectivity index (χ4n) is 3.01. The Hall–Kier alpha value is -2.96. The normalized spacial score (nSPS) is 11.3. The van der Waals surface area contributed by atoms with Crippen molar-refractivity contribution >= 4 is 29.5 Å². The minimum Gasteiger partial charge on any atom is -0.269 e. The second-order valence-electron chi connectivity index (χ2n) is 6.34. The molecule has 0 aliphatic carbocycles. The van der Waals surface area contributed by atoms with Crippen molar-refractivity contribution in [3.05, 3.63) is 116 Å². The Morgan fingerprint density at radius 3 is 1.96 bits per heavy atom. The molecular weight excluding hydrogens is 359 g/mol. The third kappa shape index (κ3) is 4.85. The molecule has 0 bridgehead atoms. The number of hydrogen-bond donors (Lipinski definition) is 0. The van der Waals surface area contributed by atoms with Crippen LogP contribution < -0.4 is 15.9 Å². The molecule has 140 valence electrons. The molecule has 0 atom stereocenters. The monoisotopic (exact) mass is 384 g/mol. The van der Waals surface area contributed by atoms with Crippen LogP contribution in [-0.4, -0.2) is 17.3 Å². The minimum absolute atomic E-state index is 0.623. The fraction of sp³-hybridized carbons (Fsp3) is 0.0800. The van der Waals surface area contributed by atoms with Crippen molar-refractivity contribution in [2.24, 2.45) is 5.10 Å². The highest BCUT2D eigenvalue weighted by molar-refractivity contribution is 7.79. The summed E-state index contributed by atoms with van der Waals surface area (Å²) in [7, 11) is -0.623. The van der Waals surface area contributed by atoms with Gasteiger partial charge in [0, 0.05) is 6.20 Å². The molecular formula is C25H25N2P. The van der Waals surface area contributed by atoms with E-state index in [9.17, 15) is 0 Å². The summed E-state index contributed by atoms with van der Waals surface area (Å²) in [5, 5.41) is 10.5. The van der Waals surface area contributed by atoms with Gasteiger partial charge in [-0.3, -0.25) is 5.01 Å². The third-order valence-corrected chi connectivity index (χ3v) is 6.78. The van der Waals surface area contributed by atoms with E-state index >= 15 is 0 Å². The van der Waals surface area contributed by atoms with E-state index in [1.165, 1.54) is 15.9 Å². The maximum atomic E-state index is 4.67. The van der Waals surface area contributed by atoms with Gasteiger partial charge < -0.3 is 0 Å². The molecule has 3 heteroatoms. The van der Waals surface area contributed by atoms with Crippen LogP contribution >= 0.6 is 7.92 Å². The first-order valence-corrected chi connectivity index (χ1v) is 10.6. The Bertz CT molecular complexity index is 909. The van der Waals surface area contributed by atoms with Crippen LogP contribution in [0.4, 0.5) is 0 Å². The van der Waals surface area contributed by atoms with Crippen molar-refractivity contribution in [1.29, 1.82) is 0 Å². The van der Waals surface area contributed by atoms with Crippen molar-refractivity contribution in [3.8, 4) is 0 Å². The van der Waals surface area contributed by atoms with Crippen molar-refractivity contribution < 1.29 is 0 Å². The maximum absolute atomic E-state index is 4.67. The molecule has 3 aromatic rings. The molecule has 0 N–H and O–H groups in total. The van der Waals surface area contributed by atoms with E-state index in [1.807, 2.05) is 13.0 Å². The van der Waals surface area contributed by atoms with E-state index in [0.717, 1.165) is 11.3 Å². The van der Waals surface area contributed by atoms with Gasteiger partial charge in [0.2, 0.25) is 0 Å². The molecule has 0 spiro atoms. The first-order chi connectivity index (χ1) is 13.7. The van der Waals surface area contributed by atoms with Gasteiger partial charge in [-0.05, 0) is 42.4 Å². The van der Waals surface area contributed by atoms with Crippen LogP contribution in [0.2, 0.25) is 0 Å². The van der Waals surface area contributed by atoms with Crippen molar-refractivity contribution in [2.45, 2.75) is 6.92 Å². The summed E-state index contributed by atoms with van der Waals surface area (Å²) in [6.45, 7) is 10.3. The average Bonchev–Trinajstić information content (AvgIpc) is 2.75. The SMILES string of the molecule is C=CCN(C=C)/N=C(\C)c1cccc(P(c2ccccc2)c2ccccc2)c1. The van der Waals surface area contributed by atoms with E-state index in [2.05, 4.69) is 103 Å². The molecule has 0 saturated heterocycles. The predicted molar refractivity (Wildman–Crippen MR) is 124 cm³/mol. The van der Waals surface area contributed by atoms with Gasteiger partial charge in [-0.2, -0.15) is 5.10 Å². The predicted octanol–water partition coefficient (Wildman–Crippen LogP) is 4.80. The molecule has 0 radical (unpaired) electrons. The van der Waals surface area contributed by atoms with E-state index in [1.54, 1.807) is 11.2 Å². The fourth-order valence-corrected chi connectivity index (χ4v) is 5.35. The van der Waals surface area contributed by atoms with Crippen molar-refractivity contribution in [2.75, 3.05) is 6.54 Å². The van der Waals surface area contributed by atoms with Crippen LogP contribution in [0, 0.1) is 0 Å². The van der Waals surface area contributed by atoms with Crippen LogP contribution in [0.15, 0.2) is 115 Å². The Morgan fingerprint density at radius 2 is 1.43 bits per heavy atom. The molecule has 0 fully saturated rings. The highest BCUT2D eigenvalue weighted by Gasteiger charge is 2.16. The summed E-state index contributed by atoms with van der Waals surface area (Å²) < 4.78 is 0.